The molecule has 2 aromatic carbocycles. The first-order chi connectivity index (χ1) is 15.4. The van der Waals surface area contributed by atoms with E-state index in [0.29, 0.717) is 5.56 Å². The van der Waals surface area contributed by atoms with Crippen molar-refractivity contribution >= 4 is 19.1 Å². The summed E-state index contributed by atoms with van der Waals surface area (Å²) < 4.78 is 45.8. The summed E-state index contributed by atoms with van der Waals surface area (Å²) >= 11 is 0. The summed E-state index contributed by atoms with van der Waals surface area (Å²) in [5, 5.41) is 23.2. The molecule has 0 saturated heterocycles. The lowest BCUT2D eigenvalue weighted by Gasteiger charge is -2.21. The summed E-state index contributed by atoms with van der Waals surface area (Å²) in [5.41, 5.74) is 2.11. The van der Waals surface area contributed by atoms with Crippen molar-refractivity contribution in [3.05, 3.63) is 65.2 Å². The molecule has 178 valence electrons. The summed E-state index contributed by atoms with van der Waals surface area (Å²) in [6.07, 6.45) is -5.84. The minimum atomic E-state index is -4.84. The Labute approximate surface area is 188 Å². The van der Waals surface area contributed by atoms with E-state index in [1.165, 1.54) is 19.1 Å². The minimum absolute atomic E-state index is 0.115. The van der Waals surface area contributed by atoms with E-state index >= 15 is 0 Å². The molecular formula is C21H24BF3N2O6. The van der Waals surface area contributed by atoms with Crippen molar-refractivity contribution in [3.8, 4) is 5.75 Å². The minimum Gasteiger partial charge on any atom is -0.406 e. The highest BCUT2D eigenvalue weighted by Crippen LogP contribution is 2.23. The fraction of sp³-hybridized carbons (Fsp3) is 0.333. The molecule has 12 heteroatoms. The Hall–Kier alpha value is -3.09. The second-order valence-corrected chi connectivity index (χ2v) is 7.28. The van der Waals surface area contributed by atoms with Gasteiger partial charge in [-0.1, -0.05) is 42.0 Å². The Bertz CT molecular complexity index is 940. The molecule has 0 aromatic heterocycles. The fourth-order valence-corrected chi connectivity index (χ4v) is 2.82. The number of benzene rings is 2. The lowest BCUT2D eigenvalue weighted by Crippen LogP contribution is -2.47. The van der Waals surface area contributed by atoms with Gasteiger partial charge in [0.25, 0.3) is 0 Å². The number of hydrogen-bond donors (Lipinski definition) is 4. The van der Waals surface area contributed by atoms with Gasteiger partial charge in [0, 0.05) is 13.0 Å². The number of ether oxygens (including phenoxy) is 1. The van der Waals surface area contributed by atoms with Gasteiger partial charge in [-0.3, -0.25) is 9.59 Å². The van der Waals surface area contributed by atoms with E-state index in [1.807, 2.05) is 19.1 Å². The number of alkyl halides is 3. The maximum absolute atomic E-state index is 12.5. The molecule has 2 rings (SSSR count). The Morgan fingerprint density at radius 1 is 1.06 bits per heavy atom. The first-order valence-corrected chi connectivity index (χ1v) is 9.93. The highest BCUT2D eigenvalue weighted by atomic mass is 19.4. The second-order valence-electron chi connectivity index (χ2n) is 7.28. The molecule has 0 radical (unpaired) electrons. The van der Waals surface area contributed by atoms with Crippen molar-refractivity contribution in [3.63, 3.8) is 0 Å². The SMILES string of the molecule is Cc1ccc(C[C@H](NC(=O)[C@H](C)C(=O)NCc2cccc(OC(F)(F)F)c2)OB(O)O)cc1. The second kappa shape index (κ2) is 11.7. The predicted octanol–water partition coefficient (Wildman–Crippen LogP) is 1.82. The maximum atomic E-state index is 12.5. The van der Waals surface area contributed by atoms with Gasteiger partial charge in [-0.25, -0.2) is 0 Å². The molecule has 4 N–H and O–H groups in total. The smallest absolute Gasteiger partial charge is 0.406 e. The summed E-state index contributed by atoms with van der Waals surface area (Å²) in [4.78, 5) is 24.8. The fourth-order valence-electron chi connectivity index (χ4n) is 2.82. The summed E-state index contributed by atoms with van der Waals surface area (Å²) in [7, 11) is -2.14. The normalized spacial score (nSPS) is 13.1. The monoisotopic (exact) mass is 468 g/mol. The quantitative estimate of drug-likeness (QED) is 0.240. The number of carbonyl (C=O) groups is 2. The molecule has 2 amide bonds. The summed E-state index contributed by atoms with van der Waals surface area (Å²) in [5.74, 6) is -3.05. The van der Waals surface area contributed by atoms with Crippen molar-refractivity contribution in [2.45, 2.75) is 39.4 Å². The largest absolute Gasteiger partial charge is 0.635 e. The van der Waals surface area contributed by atoms with Crippen LogP contribution in [0, 0.1) is 12.8 Å². The van der Waals surface area contributed by atoms with Gasteiger partial charge in [-0.15, -0.1) is 13.2 Å². The van der Waals surface area contributed by atoms with Crippen LogP contribution in [0.5, 0.6) is 5.75 Å². The predicted molar refractivity (Wildman–Crippen MR) is 112 cm³/mol. The first-order valence-electron chi connectivity index (χ1n) is 9.93. The van der Waals surface area contributed by atoms with E-state index in [0.717, 1.165) is 23.3 Å². The van der Waals surface area contributed by atoms with Crippen molar-refractivity contribution < 1.29 is 42.2 Å². The molecule has 0 unspecified atom stereocenters. The van der Waals surface area contributed by atoms with E-state index in [1.54, 1.807) is 12.1 Å². The molecule has 0 aliphatic heterocycles. The van der Waals surface area contributed by atoms with Crippen LogP contribution in [0.2, 0.25) is 0 Å². The third-order valence-corrected chi connectivity index (χ3v) is 4.52. The molecule has 2 aromatic rings. The topological polar surface area (TPSA) is 117 Å². The van der Waals surface area contributed by atoms with Crippen molar-refractivity contribution in [2.24, 2.45) is 5.92 Å². The Morgan fingerprint density at radius 3 is 2.33 bits per heavy atom. The molecule has 0 fully saturated rings. The zero-order valence-electron chi connectivity index (χ0n) is 17.9. The third-order valence-electron chi connectivity index (χ3n) is 4.52. The summed E-state index contributed by atoms with van der Waals surface area (Å²) in [6.45, 7) is 3.09. The Kier molecular flexibility index (Phi) is 9.27. The Balaban J connectivity index is 1.94. The standard InChI is InChI=1S/C21H24BF3N2O6/c1-13-6-8-15(9-7-13)11-18(33-22(30)31)27-20(29)14(2)19(28)26-12-16-4-3-5-17(10-16)32-21(23,24)25/h3-10,14,18,30-31H,11-12H2,1-2H3,(H,26,28)(H,27,29)/t14-,18-/m1/s1. The van der Waals surface area contributed by atoms with Crippen LogP contribution >= 0.6 is 0 Å². The van der Waals surface area contributed by atoms with Gasteiger partial charge in [-0.2, -0.15) is 0 Å². The Morgan fingerprint density at radius 2 is 1.73 bits per heavy atom. The highest BCUT2D eigenvalue weighted by Gasteiger charge is 2.31. The molecule has 0 saturated carbocycles. The number of amides is 2. The van der Waals surface area contributed by atoms with E-state index in [-0.39, 0.29) is 13.0 Å². The van der Waals surface area contributed by atoms with E-state index in [2.05, 4.69) is 15.4 Å². The molecule has 2 atom stereocenters. The highest BCUT2D eigenvalue weighted by molar-refractivity contribution is 6.32. The zero-order chi connectivity index (χ0) is 24.6. The molecule has 0 aliphatic rings. The van der Waals surface area contributed by atoms with Gasteiger partial charge in [0.2, 0.25) is 11.8 Å². The molecule has 8 nitrogen and oxygen atoms in total. The van der Waals surface area contributed by atoms with E-state index < -0.39 is 43.4 Å². The average Bonchev–Trinajstić information content (AvgIpc) is 2.71. The molecule has 0 heterocycles. The van der Waals surface area contributed by atoms with Crippen LogP contribution in [-0.2, 0) is 27.2 Å². The first kappa shape index (κ1) is 26.2. The van der Waals surface area contributed by atoms with Crippen LogP contribution < -0.4 is 15.4 Å². The van der Waals surface area contributed by atoms with Gasteiger partial charge in [0.1, 0.15) is 17.9 Å². The number of halogens is 3. The zero-order valence-corrected chi connectivity index (χ0v) is 17.9. The maximum Gasteiger partial charge on any atom is 0.635 e. The number of carbonyl (C=O) groups excluding carboxylic acids is 2. The van der Waals surface area contributed by atoms with Gasteiger partial charge >= 0.3 is 13.7 Å². The van der Waals surface area contributed by atoms with E-state index in [9.17, 15) is 22.8 Å². The van der Waals surface area contributed by atoms with Crippen LogP contribution in [0.1, 0.15) is 23.6 Å². The van der Waals surface area contributed by atoms with Gasteiger partial charge < -0.3 is 30.1 Å². The molecule has 33 heavy (non-hydrogen) atoms. The van der Waals surface area contributed by atoms with Crippen LogP contribution in [0.15, 0.2) is 48.5 Å². The lowest BCUT2D eigenvalue weighted by atomic mass is 10.1. The molecule has 0 spiro atoms. The molecule has 0 aliphatic carbocycles. The van der Waals surface area contributed by atoms with E-state index in [4.69, 9.17) is 14.7 Å². The van der Waals surface area contributed by atoms with Crippen LogP contribution in [0.25, 0.3) is 0 Å². The van der Waals surface area contributed by atoms with Crippen molar-refractivity contribution in [1.29, 1.82) is 0 Å². The average molecular weight is 468 g/mol. The number of rotatable bonds is 10. The summed E-state index contributed by atoms with van der Waals surface area (Å²) in [6, 6.07) is 12.3. The lowest BCUT2D eigenvalue weighted by molar-refractivity contribution is -0.274. The number of nitrogens with one attached hydrogen (secondary N) is 2. The number of aryl methyl sites for hydroxylation is 1. The van der Waals surface area contributed by atoms with Gasteiger partial charge in [-0.05, 0) is 37.1 Å². The van der Waals surface area contributed by atoms with Crippen molar-refractivity contribution in [2.75, 3.05) is 0 Å². The van der Waals surface area contributed by atoms with Gasteiger partial charge in [0.05, 0.1) is 0 Å². The van der Waals surface area contributed by atoms with Crippen LogP contribution in [0.4, 0.5) is 13.2 Å². The molecular weight excluding hydrogens is 444 g/mol. The van der Waals surface area contributed by atoms with Crippen LogP contribution in [0.3, 0.4) is 0 Å². The van der Waals surface area contributed by atoms with Gasteiger partial charge in [0.15, 0.2) is 0 Å². The van der Waals surface area contributed by atoms with Crippen LogP contribution in [-0.4, -0.2) is 41.8 Å². The number of hydrogen-bond acceptors (Lipinski definition) is 6. The molecule has 0 bridgehead atoms. The van der Waals surface area contributed by atoms with Crippen molar-refractivity contribution in [1.82, 2.24) is 10.6 Å². The third kappa shape index (κ3) is 9.52.